The molecule has 0 saturated carbocycles. The van der Waals surface area contributed by atoms with Gasteiger partial charge in [-0.3, -0.25) is 0 Å². The summed E-state index contributed by atoms with van der Waals surface area (Å²) in [7, 11) is -6.30. The minimum absolute atomic E-state index is 0.287. The highest BCUT2D eigenvalue weighted by atomic mass is 28.3. The van der Waals surface area contributed by atoms with Gasteiger partial charge >= 0.3 is 0 Å². The molecule has 0 unspecified atom stereocenters. The van der Waals surface area contributed by atoms with E-state index in [4.69, 9.17) is 0 Å². The van der Waals surface area contributed by atoms with Crippen LogP contribution >= 0.6 is 0 Å². The zero-order valence-corrected chi connectivity index (χ0v) is 21.5. The van der Waals surface area contributed by atoms with E-state index < -0.39 is 63.9 Å². The number of hydrogen-bond donors (Lipinski definition) is 0. The van der Waals surface area contributed by atoms with Crippen molar-refractivity contribution < 1.29 is 22.0 Å². The molecule has 0 N–H and O–H groups in total. The number of rotatable bonds is 4. The van der Waals surface area contributed by atoms with Crippen molar-refractivity contribution in [1.29, 1.82) is 0 Å². The Morgan fingerprint density at radius 1 is 0.552 bits per heavy atom. The Balaban J connectivity index is 2.56. The summed E-state index contributed by atoms with van der Waals surface area (Å²) in [5.41, 5.74) is -0.298. The standard InChI is InChI=1S/C21H29F5Si3/c1-27(2,3)19-13(12-14(22)16(24)18(26)17(25)15(12)23)20(28(4,5)6)10-11-21(19,20)29(7,8)9/h10-11H,1-9H3/t20-,21+/m1/s1. The van der Waals surface area contributed by atoms with Gasteiger partial charge in [-0.2, -0.15) is 0 Å². The van der Waals surface area contributed by atoms with Crippen LogP contribution in [0.2, 0.25) is 69.0 Å². The van der Waals surface area contributed by atoms with Gasteiger partial charge in [0.2, 0.25) is 5.82 Å². The molecule has 0 spiro atoms. The molecule has 0 aromatic heterocycles. The maximum absolute atomic E-state index is 15.0. The van der Waals surface area contributed by atoms with Gasteiger partial charge in [-0.1, -0.05) is 76.3 Å². The fourth-order valence-corrected chi connectivity index (χ4v) is 19.0. The van der Waals surface area contributed by atoms with E-state index in [1.807, 2.05) is 6.08 Å². The van der Waals surface area contributed by atoms with Crippen LogP contribution in [0.4, 0.5) is 22.0 Å². The molecule has 2 aliphatic carbocycles. The SMILES string of the molecule is C[Si](C)(C)C1=C(c2c(F)c(F)c(F)c(F)c2F)[C@]2([Si](C)(C)C)C=C[C@]12[Si](C)(C)C. The topological polar surface area (TPSA) is 0 Å². The molecular weight excluding hydrogens is 431 g/mol. The Labute approximate surface area is 172 Å². The quantitative estimate of drug-likeness (QED) is 0.142. The second-order valence-electron chi connectivity index (χ2n) is 11.4. The van der Waals surface area contributed by atoms with E-state index in [2.05, 4.69) is 65.0 Å². The maximum atomic E-state index is 15.0. The lowest BCUT2D eigenvalue weighted by atomic mass is 9.62. The second-order valence-corrected chi connectivity index (χ2v) is 27.0. The zero-order valence-electron chi connectivity index (χ0n) is 18.5. The smallest absolute Gasteiger partial charge is 0.200 e. The first-order valence-corrected chi connectivity index (χ1v) is 20.4. The van der Waals surface area contributed by atoms with Crippen LogP contribution < -0.4 is 0 Å². The van der Waals surface area contributed by atoms with Gasteiger partial charge in [0.15, 0.2) is 23.3 Å². The van der Waals surface area contributed by atoms with Gasteiger partial charge < -0.3 is 0 Å². The molecule has 2 aliphatic rings. The second kappa shape index (κ2) is 6.03. The Morgan fingerprint density at radius 2 is 0.897 bits per heavy atom. The summed E-state index contributed by atoms with van der Waals surface area (Å²) in [6.07, 6.45) is 4.19. The van der Waals surface area contributed by atoms with E-state index in [1.54, 1.807) is 0 Å². The fraction of sp³-hybridized carbons (Fsp3) is 0.524. The van der Waals surface area contributed by atoms with E-state index in [0.29, 0.717) is 5.57 Å². The summed E-state index contributed by atoms with van der Waals surface area (Å²) in [4.78, 5) is 0. The lowest BCUT2D eigenvalue weighted by molar-refractivity contribution is 0.373. The summed E-state index contributed by atoms with van der Waals surface area (Å²) in [5, 5.41) is 0.0699. The molecule has 1 aromatic carbocycles. The lowest BCUT2D eigenvalue weighted by Crippen LogP contribution is -2.68. The van der Waals surface area contributed by atoms with E-state index in [9.17, 15) is 13.2 Å². The Kier molecular flexibility index (Phi) is 4.72. The minimum atomic E-state index is -2.18. The van der Waals surface area contributed by atoms with Crippen molar-refractivity contribution in [2.75, 3.05) is 0 Å². The van der Waals surface area contributed by atoms with E-state index in [0.717, 1.165) is 5.20 Å². The molecule has 3 rings (SSSR count). The van der Waals surface area contributed by atoms with Crippen molar-refractivity contribution in [3.63, 3.8) is 0 Å². The van der Waals surface area contributed by atoms with Crippen LogP contribution in [0.5, 0.6) is 0 Å². The lowest BCUT2D eigenvalue weighted by Gasteiger charge is -2.76. The third kappa shape index (κ3) is 2.45. The van der Waals surface area contributed by atoms with Crippen molar-refractivity contribution in [2.45, 2.75) is 69.0 Å². The first-order valence-electron chi connectivity index (χ1n) is 9.86. The fourth-order valence-electron chi connectivity index (χ4n) is 5.86. The van der Waals surface area contributed by atoms with Gasteiger partial charge in [-0.15, -0.1) is 0 Å². The molecule has 0 aliphatic heterocycles. The summed E-state index contributed by atoms with van der Waals surface area (Å²) in [6, 6.07) is 0. The highest BCUT2D eigenvalue weighted by molar-refractivity contribution is 6.97. The largest absolute Gasteiger partial charge is 0.203 e. The number of benzene rings is 1. The summed E-state index contributed by atoms with van der Waals surface area (Å²) >= 11 is 0. The van der Waals surface area contributed by atoms with Crippen LogP contribution in [0.3, 0.4) is 0 Å². The van der Waals surface area contributed by atoms with E-state index in [-0.39, 0.29) is 5.04 Å². The summed E-state index contributed by atoms with van der Waals surface area (Å²) < 4.78 is 72.1. The Hall–Kier alpha value is -0.999. The van der Waals surface area contributed by atoms with Gasteiger partial charge in [-0.25, -0.2) is 22.0 Å². The Morgan fingerprint density at radius 3 is 1.17 bits per heavy atom. The highest BCUT2D eigenvalue weighted by Gasteiger charge is 2.76. The normalized spacial score (nSPS) is 27.0. The Bertz CT molecular complexity index is 947. The molecule has 0 nitrogen and oxygen atoms in total. The molecule has 0 radical (unpaired) electrons. The van der Waals surface area contributed by atoms with Gasteiger partial charge in [-0.05, 0) is 5.57 Å². The van der Waals surface area contributed by atoms with Crippen LogP contribution in [0.25, 0.3) is 5.57 Å². The third-order valence-corrected chi connectivity index (χ3v) is 15.8. The van der Waals surface area contributed by atoms with Crippen molar-refractivity contribution in [2.24, 2.45) is 0 Å². The molecule has 8 heteroatoms. The first kappa shape index (κ1) is 22.7. The number of fused-ring (bicyclic) bond motifs is 1. The molecule has 0 bridgehead atoms. The van der Waals surface area contributed by atoms with Crippen LogP contribution in [0.15, 0.2) is 17.3 Å². The van der Waals surface area contributed by atoms with E-state index in [1.165, 1.54) is 0 Å². The molecule has 1 aromatic rings. The van der Waals surface area contributed by atoms with Crippen LogP contribution in [-0.2, 0) is 0 Å². The predicted octanol–water partition coefficient (Wildman–Crippen LogP) is 7.75. The van der Waals surface area contributed by atoms with Crippen molar-refractivity contribution in [1.82, 2.24) is 0 Å². The summed E-state index contributed by atoms with van der Waals surface area (Å²) in [6.45, 7) is 19.4. The molecule has 0 saturated heterocycles. The van der Waals surface area contributed by atoms with Crippen molar-refractivity contribution >= 4 is 29.8 Å². The molecule has 0 fully saturated rings. The van der Waals surface area contributed by atoms with Crippen molar-refractivity contribution in [3.05, 3.63) is 52.0 Å². The average molecular weight is 461 g/mol. The number of hydrogen-bond acceptors (Lipinski definition) is 0. The van der Waals surface area contributed by atoms with Gasteiger partial charge in [0.25, 0.3) is 0 Å². The third-order valence-electron chi connectivity index (χ3n) is 6.82. The first-order chi connectivity index (χ1) is 12.9. The molecule has 0 heterocycles. The number of allylic oxidation sites excluding steroid dienone is 4. The van der Waals surface area contributed by atoms with Gasteiger partial charge in [0, 0.05) is 10.1 Å². The number of halogens is 5. The predicted molar refractivity (Wildman–Crippen MR) is 118 cm³/mol. The molecule has 2 atom stereocenters. The van der Waals surface area contributed by atoms with Gasteiger partial charge in [0.1, 0.15) is 0 Å². The monoisotopic (exact) mass is 460 g/mol. The highest BCUT2D eigenvalue weighted by Crippen LogP contribution is 2.88. The van der Waals surface area contributed by atoms with Crippen LogP contribution in [-0.4, -0.2) is 24.2 Å². The summed E-state index contributed by atoms with van der Waals surface area (Å²) in [5.74, 6) is -9.22. The average Bonchev–Trinajstić information content (AvgIpc) is 2.50. The molecular formula is C21H29F5Si3. The van der Waals surface area contributed by atoms with E-state index >= 15 is 8.78 Å². The molecule has 29 heavy (non-hydrogen) atoms. The van der Waals surface area contributed by atoms with Crippen LogP contribution in [0.1, 0.15) is 5.56 Å². The van der Waals surface area contributed by atoms with Crippen molar-refractivity contribution in [3.8, 4) is 0 Å². The van der Waals surface area contributed by atoms with Gasteiger partial charge in [0.05, 0.1) is 29.8 Å². The molecule has 0 amide bonds. The zero-order chi connectivity index (χ0) is 22.5. The maximum Gasteiger partial charge on any atom is 0.200 e. The minimum Gasteiger partial charge on any atom is -0.203 e. The van der Waals surface area contributed by atoms with Crippen LogP contribution in [0, 0.1) is 29.1 Å². The molecule has 160 valence electrons.